The van der Waals surface area contributed by atoms with Gasteiger partial charge in [0.1, 0.15) is 0 Å². The number of rotatable bonds is 5. The maximum Gasteiger partial charge on any atom is 0.240 e. The Hall–Kier alpha value is -2.16. The minimum atomic E-state index is -3.53. The number of nitrogens with zero attached hydrogens (tertiary/aromatic N) is 1. The molecule has 0 radical (unpaired) electrons. The van der Waals surface area contributed by atoms with Crippen molar-refractivity contribution in [2.24, 2.45) is 0 Å². The molecule has 0 bridgehead atoms. The SMILES string of the molecule is N#CCCNS(=O)(=O)c1ccc(-c2ccccc2)cc1. The van der Waals surface area contributed by atoms with Crippen molar-refractivity contribution >= 4 is 10.0 Å². The molecule has 102 valence electrons. The molecule has 0 saturated carbocycles. The van der Waals surface area contributed by atoms with Crippen molar-refractivity contribution in [1.29, 1.82) is 5.26 Å². The van der Waals surface area contributed by atoms with Crippen molar-refractivity contribution in [3.63, 3.8) is 0 Å². The molecule has 0 aliphatic carbocycles. The van der Waals surface area contributed by atoms with Crippen LogP contribution in [0.15, 0.2) is 59.5 Å². The fraction of sp³-hybridized carbons (Fsp3) is 0.133. The number of hydrogen-bond donors (Lipinski definition) is 1. The van der Waals surface area contributed by atoms with Crippen molar-refractivity contribution in [3.8, 4) is 17.2 Å². The van der Waals surface area contributed by atoms with Crippen LogP contribution in [0.3, 0.4) is 0 Å². The zero-order valence-corrected chi connectivity index (χ0v) is 11.6. The maximum atomic E-state index is 11.9. The third-order valence-electron chi connectivity index (χ3n) is 2.80. The smallest absolute Gasteiger partial charge is 0.210 e. The van der Waals surface area contributed by atoms with Crippen LogP contribution < -0.4 is 4.72 Å². The van der Waals surface area contributed by atoms with E-state index in [1.807, 2.05) is 36.4 Å². The van der Waals surface area contributed by atoms with Gasteiger partial charge in [0, 0.05) is 13.0 Å². The zero-order valence-electron chi connectivity index (χ0n) is 10.8. The van der Waals surface area contributed by atoms with Gasteiger partial charge in [0.25, 0.3) is 0 Å². The fourth-order valence-electron chi connectivity index (χ4n) is 1.78. The third-order valence-corrected chi connectivity index (χ3v) is 4.28. The number of benzene rings is 2. The van der Waals surface area contributed by atoms with Crippen LogP contribution in [0.25, 0.3) is 11.1 Å². The highest BCUT2D eigenvalue weighted by Gasteiger charge is 2.12. The molecular formula is C15H14N2O2S. The normalized spacial score (nSPS) is 10.9. The minimum absolute atomic E-state index is 0.124. The second-order valence-electron chi connectivity index (χ2n) is 4.20. The van der Waals surface area contributed by atoms with Gasteiger partial charge in [0.15, 0.2) is 0 Å². The number of sulfonamides is 1. The molecule has 0 aliphatic heterocycles. The first-order valence-corrected chi connectivity index (χ1v) is 7.64. The number of nitrogens with one attached hydrogen (secondary N) is 1. The number of hydrogen-bond acceptors (Lipinski definition) is 3. The summed E-state index contributed by atoms with van der Waals surface area (Å²) in [6, 6.07) is 18.3. The van der Waals surface area contributed by atoms with E-state index in [2.05, 4.69) is 4.72 Å². The van der Waals surface area contributed by atoms with Crippen LogP contribution in [-0.2, 0) is 10.0 Å². The lowest BCUT2D eigenvalue weighted by Gasteiger charge is -2.06. The molecular weight excluding hydrogens is 272 g/mol. The van der Waals surface area contributed by atoms with Crippen LogP contribution in [0.1, 0.15) is 6.42 Å². The standard InChI is InChI=1S/C15H14N2O2S/c16-11-4-12-17-20(18,19)15-9-7-14(8-10-15)13-5-2-1-3-6-13/h1-3,5-10,17H,4,12H2. The Morgan fingerprint density at radius 2 is 1.55 bits per heavy atom. The van der Waals surface area contributed by atoms with Crippen molar-refractivity contribution in [3.05, 3.63) is 54.6 Å². The summed E-state index contributed by atoms with van der Waals surface area (Å²) in [5.41, 5.74) is 2.00. The zero-order chi connectivity index (χ0) is 14.4. The molecule has 0 unspecified atom stereocenters. The highest BCUT2D eigenvalue weighted by atomic mass is 32.2. The van der Waals surface area contributed by atoms with E-state index in [9.17, 15) is 8.42 Å². The van der Waals surface area contributed by atoms with Gasteiger partial charge in [-0.3, -0.25) is 0 Å². The molecule has 0 amide bonds. The summed E-state index contributed by atoms with van der Waals surface area (Å²) in [5.74, 6) is 0. The van der Waals surface area contributed by atoms with E-state index in [0.717, 1.165) is 11.1 Å². The molecule has 1 N–H and O–H groups in total. The topological polar surface area (TPSA) is 70.0 Å². The van der Waals surface area contributed by atoms with Gasteiger partial charge in [-0.05, 0) is 23.3 Å². The first-order chi connectivity index (χ1) is 9.63. The van der Waals surface area contributed by atoms with E-state index >= 15 is 0 Å². The van der Waals surface area contributed by atoms with Gasteiger partial charge in [0.05, 0.1) is 11.0 Å². The average Bonchev–Trinajstić information content (AvgIpc) is 2.48. The van der Waals surface area contributed by atoms with Crippen molar-refractivity contribution in [1.82, 2.24) is 4.72 Å². The lowest BCUT2D eigenvalue weighted by Crippen LogP contribution is -2.24. The van der Waals surface area contributed by atoms with Crippen LogP contribution in [0.5, 0.6) is 0 Å². The molecule has 5 heteroatoms. The second kappa shape index (κ2) is 6.33. The van der Waals surface area contributed by atoms with Gasteiger partial charge in [-0.15, -0.1) is 0 Å². The molecule has 0 heterocycles. The monoisotopic (exact) mass is 286 g/mol. The molecule has 0 spiro atoms. The lowest BCUT2D eigenvalue weighted by atomic mass is 10.1. The van der Waals surface area contributed by atoms with Crippen molar-refractivity contribution < 1.29 is 8.42 Å². The van der Waals surface area contributed by atoms with Gasteiger partial charge in [-0.1, -0.05) is 42.5 Å². The van der Waals surface area contributed by atoms with Crippen LogP contribution >= 0.6 is 0 Å². The third kappa shape index (κ3) is 3.44. The van der Waals surface area contributed by atoms with E-state index in [0.29, 0.717) is 0 Å². The Balaban J connectivity index is 2.18. The Morgan fingerprint density at radius 1 is 0.950 bits per heavy atom. The molecule has 2 aromatic rings. The summed E-state index contributed by atoms with van der Waals surface area (Å²) in [5, 5.41) is 8.41. The van der Waals surface area contributed by atoms with E-state index in [-0.39, 0.29) is 17.9 Å². The van der Waals surface area contributed by atoms with Crippen LogP contribution in [-0.4, -0.2) is 15.0 Å². The highest BCUT2D eigenvalue weighted by molar-refractivity contribution is 7.89. The number of nitriles is 1. The van der Waals surface area contributed by atoms with E-state index < -0.39 is 10.0 Å². The van der Waals surface area contributed by atoms with Gasteiger partial charge >= 0.3 is 0 Å². The average molecular weight is 286 g/mol. The maximum absolute atomic E-state index is 11.9. The summed E-state index contributed by atoms with van der Waals surface area (Å²) in [6.45, 7) is 0.124. The van der Waals surface area contributed by atoms with Gasteiger partial charge in [-0.25, -0.2) is 13.1 Å². The van der Waals surface area contributed by atoms with Crippen molar-refractivity contribution in [2.45, 2.75) is 11.3 Å². The van der Waals surface area contributed by atoms with Crippen molar-refractivity contribution in [2.75, 3.05) is 6.54 Å². The predicted molar refractivity (Wildman–Crippen MR) is 77.3 cm³/mol. The second-order valence-corrected chi connectivity index (χ2v) is 5.96. The first-order valence-electron chi connectivity index (χ1n) is 6.15. The molecule has 2 aromatic carbocycles. The summed E-state index contributed by atoms with van der Waals surface area (Å²) >= 11 is 0. The fourth-order valence-corrected chi connectivity index (χ4v) is 2.81. The van der Waals surface area contributed by atoms with Crippen LogP contribution in [0.4, 0.5) is 0 Å². The highest BCUT2D eigenvalue weighted by Crippen LogP contribution is 2.20. The minimum Gasteiger partial charge on any atom is -0.210 e. The molecule has 2 rings (SSSR count). The molecule has 0 atom stereocenters. The van der Waals surface area contributed by atoms with Gasteiger partial charge < -0.3 is 0 Å². The molecule has 4 nitrogen and oxygen atoms in total. The van der Waals surface area contributed by atoms with E-state index in [1.165, 1.54) is 0 Å². The summed E-state index contributed by atoms with van der Waals surface area (Å²) in [4.78, 5) is 0.204. The van der Waals surface area contributed by atoms with Crippen LogP contribution in [0.2, 0.25) is 0 Å². The molecule has 0 aromatic heterocycles. The van der Waals surface area contributed by atoms with E-state index in [4.69, 9.17) is 5.26 Å². The molecule has 0 aliphatic rings. The molecule has 20 heavy (non-hydrogen) atoms. The summed E-state index contributed by atoms with van der Waals surface area (Å²) < 4.78 is 26.3. The summed E-state index contributed by atoms with van der Waals surface area (Å²) in [6.07, 6.45) is 0.154. The summed E-state index contributed by atoms with van der Waals surface area (Å²) in [7, 11) is -3.53. The van der Waals surface area contributed by atoms with Crippen LogP contribution in [0, 0.1) is 11.3 Å². The van der Waals surface area contributed by atoms with Gasteiger partial charge in [0.2, 0.25) is 10.0 Å². The molecule has 0 saturated heterocycles. The Bertz CT molecular complexity index is 702. The first kappa shape index (κ1) is 14.3. The Morgan fingerprint density at radius 3 is 2.15 bits per heavy atom. The largest absolute Gasteiger partial charge is 0.240 e. The quantitative estimate of drug-likeness (QED) is 0.859. The predicted octanol–water partition coefficient (Wildman–Crippen LogP) is 2.55. The Kier molecular flexibility index (Phi) is 4.51. The Labute approximate surface area is 118 Å². The molecule has 0 fully saturated rings. The lowest BCUT2D eigenvalue weighted by molar-refractivity contribution is 0.582. The van der Waals surface area contributed by atoms with Gasteiger partial charge in [-0.2, -0.15) is 5.26 Å². The van der Waals surface area contributed by atoms with E-state index in [1.54, 1.807) is 24.3 Å².